The molecule has 2 fully saturated rings. The van der Waals surface area contributed by atoms with Crippen LogP contribution in [0.2, 0.25) is 0 Å². The topological polar surface area (TPSA) is 43.1 Å². The van der Waals surface area contributed by atoms with Crippen LogP contribution in [0.25, 0.3) is 0 Å². The quantitative estimate of drug-likeness (QED) is 0.659. The Morgan fingerprint density at radius 1 is 1.31 bits per heavy atom. The first-order chi connectivity index (χ1) is 6.31. The van der Waals surface area contributed by atoms with Gasteiger partial charge in [0.15, 0.2) is 0 Å². The van der Waals surface area contributed by atoms with Crippen LogP contribution in [-0.2, 0) is 4.79 Å². The number of rotatable bonds is 2. The summed E-state index contributed by atoms with van der Waals surface area (Å²) in [5.74, 6) is 2.09. The van der Waals surface area contributed by atoms with Crippen LogP contribution >= 0.6 is 0 Å². The van der Waals surface area contributed by atoms with E-state index in [0.717, 1.165) is 18.1 Å². The van der Waals surface area contributed by atoms with Crippen LogP contribution in [0.15, 0.2) is 0 Å². The second-order valence-corrected chi connectivity index (χ2v) is 4.77. The smallest absolute Gasteiger partial charge is 0.120 e. The van der Waals surface area contributed by atoms with E-state index < -0.39 is 0 Å². The van der Waals surface area contributed by atoms with Gasteiger partial charge in [0.25, 0.3) is 0 Å². The average Bonchev–Trinajstić information content (AvgIpc) is 2.15. The molecule has 0 aromatic carbocycles. The Labute approximate surface area is 79.9 Å². The summed E-state index contributed by atoms with van der Waals surface area (Å²) in [7, 11) is 0. The van der Waals surface area contributed by atoms with Gasteiger partial charge in [0, 0.05) is 12.5 Å². The molecule has 13 heavy (non-hydrogen) atoms. The number of hydrogen-bond acceptors (Lipinski definition) is 2. The minimum atomic E-state index is 0.307. The summed E-state index contributed by atoms with van der Waals surface area (Å²) in [5.41, 5.74) is 6.16. The molecule has 2 heteroatoms. The van der Waals surface area contributed by atoms with E-state index in [4.69, 9.17) is 5.73 Å². The Morgan fingerprint density at radius 3 is 2.92 bits per heavy atom. The van der Waals surface area contributed by atoms with Crippen molar-refractivity contribution in [3.63, 3.8) is 0 Å². The summed E-state index contributed by atoms with van der Waals surface area (Å²) in [6.45, 7) is 0. The van der Waals surface area contributed by atoms with Crippen LogP contribution in [0, 0.1) is 17.8 Å². The minimum absolute atomic E-state index is 0.307. The van der Waals surface area contributed by atoms with Gasteiger partial charge in [0.05, 0.1) is 0 Å². The van der Waals surface area contributed by atoms with Crippen molar-refractivity contribution in [1.29, 1.82) is 0 Å². The molecule has 2 rings (SSSR count). The van der Waals surface area contributed by atoms with E-state index in [1.807, 2.05) is 0 Å². The second kappa shape index (κ2) is 3.79. The molecule has 0 amide bonds. The molecular formula is C11H19NO. The Kier molecular flexibility index (Phi) is 2.68. The maximum atomic E-state index is 10.5. The lowest BCUT2D eigenvalue weighted by Gasteiger charge is -2.43. The molecule has 2 saturated carbocycles. The monoisotopic (exact) mass is 181 g/mol. The van der Waals surface area contributed by atoms with Crippen molar-refractivity contribution in [3.05, 3.63) is 0 Å². The highest BCUT2D eigenvalue weighted by atomic mass is 16.1. The molecule has 2 bridgehead atoms. The fourth-order valence-electron chi connectivity index (χ4n) is 3.24. The number of aldehydes is 1. The lowest BCUT2D eigenvalue weighted by Crippen LogP contribution is -2.45. The summed E-state index contributed by atoms with van der Waals surface area (Å²) in [5, 5.41) is 0. The highest BCUT2D eigenvalue weighted by molar-refractivity contribution is 5.50. The fourth-order valence-corrected chi connectivity index (χ4v) is 3.24. The van der Waals surface area contributed by atoms with Gasteiger partial charge in [0.2, 0.25) is 0 Å². The van der Waals surface area contributed by atoms with E-state index in [9.17, 15) is 4.79 Å². The molecule has 0 spiro atoms. The molecule has 0 heterocycles. The summed E-state index contributed by atoms with van der Waals surface area (Å²) in [6.07, 6.45) is 8.30. The van der Waals surface area contributed by atoms with Crippen molar-refractivity contribution < 1.29 is 4.79 Å². The molecule has 2 nitrogen and oxygen atoms in total. The van der Waals surface area contributed by atoms with Crippen LogP contribution in [0.3, 0.4) is 0 Å². The first kappa shape index (κ1) is 9.20. The second-order valence-electron chi connectivity index (χ2n) is 4.77. The SMILES string of the molecule is N[C@@H]1C(CC=O)CC2CCCC1C2. The van der Waals surface area contributed by atoms with Crippen LogP contribution in [0.5, 0.6) is 0 Å². The molecule has 0 aliphatic heterocycles. The first-order valence-electron chi connectivity index (χ1n) is 5.50. The third-order valence-electron chi connectivity index (χ3n) is 3.95. The van der Waals surface area contributed by atoms with Crippen LogP contribution in [0.4, 0.5) is 0 Å². The van der Waals surface area contributed by atoms with E-state index in [1.165, 1.54) is 32.1 Å². The van der Waals surface area contributed by atoms with Crippen molar-refractivity contribution in [2.75, 3.05) is 0 Å². The Morgan fingerprint density at radius 2 is 2.15 bits per heavy atom. The van der Waals surface area contributed by atoms with E-state index in [0.29, 0.717) is 18.4 Å². The van der Waals surface area contributed by atoms with Crippen molar-refractivity contribution in [3.8, 4) is 0 Å². The standard InChI is InChI=1S/C11H19NO/c12-11-9-3-1-2-8(6-9)7-10(11)4-5-13/h5,8-11H,1-4,6-7,12H2/t8?,9?,10?,11-/m0/s1. The number of carbonyl (C=O) groups excluding carboxylic acids is 1. The average molecular weight is 181 g/mol. The van der Waals surface area contributed by atoms with Gasteiger partial charge in [-0.1, -0.05) is 12.8 Å². The zero-order chi connectivity index (χ0) is 9.26. The molecule has 0 aromatic rings. The number of hydrogen-bond donors (Lipinski definition) is 1. The molecule has 3 unspecified atom stereocenters. The summed E-state index contributed by atoms with van der Waals surface area (Å²) < 4.78 is 0. The molecule has 2 N–H and O–H groups in total. The minimum Gasteiger partial charge on any atom is -0.327 e. The van der Waals surface area contributed by atoms with Crippen LogP contribution in [-0.4, -0.2) is 12.3 Å². The maximum Gasteiger partial charge on any atom is 0.120 e. The van der Waals surface area contributed by atoms with Crippen molar-refractivity contribution >= 4 is 6.29 Å². The number of fused-ring (bicyclic) bond motifs is 2. The third kappa shape index (κ3) is 1.78. The Balaban J connectivity index is 2.01. The molecule has 74 valence electrons. The highest BCUT2D eigenvalue weighted by Crippen LogP contribution is 2.42. The van der Waals surface area contributed by atoms with Crippen molar-refractivity contribution in [2.45, 2.75) is 44.6 Å². The lowest BCUT2D eigenvalue weighted by molar-refractivity contribution is -0.109. The molecular weight excluding hydrogens is 162 g/mol. The molecule has 0 saturated heterocycles. The van der Waals surface area contributed by atoms with Gasteiger partial charge >= 0.3 is 0 Å². The van der Waals surface area contributed by atoms with Crippen LogP contribution < -0.4 is 5.73 Å². The van der Waals surface area contributed by atoms with Crippen LogP contribution in [0.1, 0.15) is 38.5 Å². The number of nitrogens with two attached hydrogens (primary N) is 1. The van der Waals surface area contributed by atoms with Gasteiger partial charge in [-0.2, -0.15) is 0 Å². The van der Waals surface area contributed by atoms with E-state index in [2.05, 4.69) is 0 Å². The van der Waals surface area contributed by atoms with Gasteiger partial charge in [-0.15, -0.1) is 0 Å². The number of carbonyl (C=O) groups is 1. The highest BCUT2D eigenvalue weighted by Gasteiger charge is 2.37. The normalized spacial score (nSPS) is 44.4. The van der Waals surface area contributed by atoms with E-state index in [-0.39, 0.29) is 0 Å². The first-order valence-corrected chi connectivity index (χ1v) is 5.50. The molecule has 0 aromatic heterocycles. The fraction of sp³-hybridized carbons (Fsp3) is 0.909. The molecule has 2 aliphatic rings. The maximum absolute atomic E-state index is 10.5. The van der Waals surface area contributed by atoms with Crippen molar-refractivity contribution in [1.82, 2.24) is 0 Å². The van der Waals surface area contributed by atoms with Gasteiger partial charge < -0.3 is 10.5 Å². The Hall–Kier alpha value is -0.370. The predicted molar refractivity (Wildman–Crippen MR) is 52.2 cm³/mol. The zero-order valence-electron chi connectivity index (χ0n) is 8.11. The van der Waals surface area contributed by atoms with Gasteiger partial charge in [-0.3, -0.25) is 0 Å². The van der Waals surface area contributed by atoms with Gasteiger partial charge in [-0.25, -0.2) is 0 Å². The van der Waals surface area contributed by atoms with Gasteiger partial charge in [-0.05, 0) is 37.0 Å². The molecule has 4 atom stereocenters. The van der Waals surface area contributed by atoms with E-state index >= 15 is 0 Å². The predicted octanol–water partition coefficient (Wildman–Crippen LogP) is 1.73. The lowest BCUT2D eigenvalue weighted by atomic mass is 9.65. The van der Waals surface area contributed by atoms with E-state index in [1.54, 1.807) is 0 Å². The summed E-state index contributed by atoms with van der Waals surface area (Å²) in [4.78, 5) is 10.5. The third-order valence-corrected chi connectivity index (χ3v) is 3.95. The van der Waals surface area contributed by atoms with Gasteiger partial charge in [0.1, 0.15) is 6.29 Å². The molecule has 0 radical (unpaired) electrons. The Bertz CT molecular complexity index is 193. The largest absolute Gasteiger partial charge is 0.327 e. The van der Waals surface area contributed by atoms with Crippen molar-refractivity contribution in [2.24, 2.45) is 23.5 Å². The summed E-state index contributed by atoms with van der Waals surface area (Å²) in [6, 6.07) is 0.307. The molecule has 2 aliphatic carbocycles. The zero-order valence-corrected chi connectivity index (χ0v) is 8.11. The summed E-state index contributed by atoms with van der Waals surface area (Å²) >= 11 is 0.